The zero-order valence-corrected chi connectivity index (χ0v) is 19.6. The van der Waals surface area contributed by atoms with Crippen LogP contribution in [0.5, 0.6) is 0 Å². The van der Waals surface area contributed by atoms with Gasteiger partial charge in [-0.15, -0.1) is 5.10 Å². The molecular weight excluding hydrogens is 477 g/mol. The lowest BCUT2D eigenvalue weighted by atomic mass is 9.93. The quantitative estimate of drug-likeness (QED) is 0.363. The minimum Gasteiger partial charge on any atom is -0.481 e. The van der Waals surface area contributed by atoms with E-state index in [1.807, 2.05) is 0 Å². The van der Waals surface area contributed by atoms with Crippen LogP contribution in [-0.4, -0.2) is 47.1 Å². The van der Waals surface area contributed by atoms with Crippen molar-refractivity contribution in [3.8, 4) is 11.1 Å². The zero-order valence-electron chi connectivity index (χ0n) is 18.8. The normalized spacial score (nSPS) is 13.1. The highest BCUT2D eigenvalue weighted by atomic mass is 35.5. The number of aromatic nitrogens is 5. The van der Waals surface area contributed by atoms with Crippen molar-refractivity contribution in [2.24, 2.45) is 13.0 Å². The number of aliphatic hydroxyl groups is 1. The summed E-state index contributed by atoms with van der Waals surface area (Å²) < 4.78 is 17.3. The Hall–Kier alpha value is -3.63. The lowest BCUT2D eigenvalue weighted by molar-refractivity contribution is -0.146. The van der Waals surface area contributed by atoms with Gasteiger partial charge >= 0.3 is 5.97 Å². The number of benzene rings is 2. The van der Waals surface area contributed by atoms with E-state index in [0.717, 1.165) is 10.2 Å². The number of aliphatic carboxylic acids is 1. The summed E-state index contributed by atoms with van der Waals surface area (Å²) in [6.45, 7) is -0.0490. The third kappa shape index (κ3) is 5.55. The standard InChI is InChI=1S/C24H23ClFN5O4/c1-30-13-16(12-27-30)15-3-2-14(20(26)10-15)4-7-22(32)19(24(34)35)8-9-31-23(33)18-6-5-17(25)11-21(18)28-29-31/h2-3,5-6,10-13,19,22,32H,4,7-9H2,1H3,(H,34,35)/t19-,22+/m0/s1. The molecule has 2 atom stereocenters. The Morgan fingerprint density at radius 1 is 1.17 bits per heavy atom. The first-order valence-electron chi connectivity index (χ1n) is 10.9. The van der Waals surface area contributed by atoms with Crippen molar-refractivity contribution in [2.45, 2.75) is 31.9 Å². The smallest absolute Gasteiger partial charge is 0.309 e. The van der Waals surface area contributed by atoms with Crippen LogP contribution >= 0.6 is 11.6 Å². The van der Waals surface area contributed by atoms with Crippen molar-refractivity contribution in [1.82, 2.24) is 24.8 Å². The van der Waals surface area contributed by atoms with Crippen LogP contribution in [0.4, 0.5) is 4.39 Å². The first kappa shape index (κ1) is 24.5. The molecule has 0 fully saturated rings. The Morgan fingerprint density at radius 3 is 2.66 bits per heavy atom. The van der Waals surface area contributed by atoms with Crippen LogP contribution < -0.4 is 5.56 Å². The van der Waals surface area contributed by atoms with Crippen molar-refractivity contribution < 1.29 is 19.4 Å². The van der Waals surface area contributed by atoms with E-state index in [0.29, 0.717) is 27.1 Å². The molecule has 35 heavy (non-hydrogen) atoms. The number of hydrogen-bond donors (Lipinski definition) is 2. The van der Waals surface area contributed by atoms with E-state index < -0.39 is 29.4 Å². The maximum absolute atomic E-state index is 14.6. The van der Waals surface area contributed by atoms with Crippen LogP contribution in [0.3, 0.4) is 0 Å². The van der Waals surface area contributed by atoms with Gasteiger partial charge in [0.1, 0.15) is 11.3 Å². The summed E-state index contributed by atoms with van der Waals surface area (Å²) >= 11 is 5.91. The molecule has 0 radical (unpaired) electrons. The van der Waals surface area contributed by atoms with Gasteiger partial charge < -0.3 is 10.2 Å². The number of carboxylic acid groups (broad SMARTS) is 1. The fourth-order valence-corrected chi connectivity index (χ4v) is 4.11. The second-order valence-corrected chi connectivity index (χ2v) is 8.76. The molecule has 2 heterocycles. The highest BCUT2D eigenvalue weighted by molar-refractivity contribution is 6.31. The summed E-state index contributed by atoms with van der Waals surface area (Å²) in [6.07, 6.45) is 2.31. The Morgan fingerprint density at radius 2 is 1.97 bits per heavy atom. The van der Waals surface area contributed by atoms with Crippen molar-refractivity contribution in [1.29, 1.82) is 0 Å². The predicted octanol–water partition coefficient (Wildman–Crippen LogP) is 3.07. The molecule has 9 nitrogen and oxygen atoms in total. The van der Waals surface area contributed by atoms with Gasteiger partial charge in [0.05, 0.1) is 23.6 Å². The van der Waals surface area contributed by atoms with Crippen LogP contribution in [0.2, 0.25) is 5.02 Å². The number of fused-ring (bicyclic) bond motifs is 1. The number of carbonyl (C=O) groups is 1. The second-order valence-electron chi connectivity index (χ2n) is 8.33. The molecule has 0 aliphatic carbocycles. The first-order chi connectivity index (χ1) is 16.7. The number of aliphatic hydroxyl groups excluding tert-OH is 1. The van der Waals surface area contributed by atoms with E-state index in [1.54, 1.807) is 42.3 Å². The molecule has 0 spiro atoms. The zero-order chi connectivity index (χ0) is 25.1. The van der Waals surface area contributed by atoms with Gasteiger partial charge in [-0.05, 0) is 54.7 Å². The Labute approximate surface area is 204 Å². The Bertz CT molecular complexity index is 1440. The highest BCUT2D eigenvalue weighted by Gasteiger charge is 2.27. The van der Waals surface area contributed by atoms with Gasteiger partial charge in [-0.25, -0.2) is 9.07 Å². The number of aryl methyl sites for hydroxylation is 3. The number of rotatable bonds is 9. The minimum absolute atomic E-state index is 0.0386. The SMILES string of the molecule is Cn1cc(-c2ccc(CC[C@@H](O)[C@H](CCn3nnc4cc(Cl)ccc4c3=O)C(=O)O)c(F)c2)cn1. The lowest BCUT2D eigenvalue weighted by Gasteiger charge is -2.19. The van der Waals surface area contributed by atoms with Crippen LogP contribution in [0.25, 0.3) is 22.0 Å². The number of carboxylic acids is 1. The number of hydrogen-bond acceptors (Lipinski definition) is 6. The Kier molecular flexibility index (Phi) is 7.23. The van der Waals surface area contributed by atoms with Gasteiger partial charge in [-0.3, -0.25) is 14.3 Å². The summed E-state index contributed by atoms with van der Waals surface area (Å²) in [6, 6.07) is 9.38. The molecule has 0 unspecified atom stereocenters. The average Bonchev–Trinajstić information content (AvgIpc) is 3.25. The summed E-state index contributed by atoms with van der Waals surface area (Å²) in [7, 11) is 1.77. The summed E-state index contributed by atoms with van der Waals surface area (Å²) in [5.41, 5.74) is 1.73. The molecule has 2 N–H and O–H groups in total. The van der Waals surface area contributed by atoms with Gasteiger partial charge in [-0.1, -0.05) is 28.9 Å². The van der Waals surface area contributed by atoms with Crippen LogP contribution in [0.15, 0.2) is 53.6 Å². The summed E-state index contributed by atoms with van der Waals surface area (Å²) in [4.78, 5) is 24.4. The van der Waals surface area contributed by atoms with Crippen LogP contribution in [0.1, 0.15) is 18.4 Å². The predicted molar refractivity (Wildman–Crippen MR) is 127 cm³/mol. The number of nitrogens with zero attached hydrogens (tertiary/aromatic N) is 5. The summed E-state index contributed by atoms with van der Waals surface area (Å²) in [5.74, 6) is -2.82. The molecule has 0 aliphatic heterocycles. The molecule has 182 valence electrons. The second kappa shape index (κ2) is 10.3. The van der Waals surface area contributed by atoms with Crippen molar-refractivity contribution in [2.75, 3.05) is 0 Å². The van der Waals surface area contributed by atoms with Crippen molar-refractivity contribution in [3.63, 3.8) is 0 Å². The average molecular weight is 500 g/mol. The maximum Gasteiger partial charge on any atom is 0.309 e. The highest BCUT2D eigenvalue weighted by Crippen LogP contribution is 2.23. The van der Waals surface area contributed by atoms with E-state index >= 15 is 0 Å². The lowest BCUT2D eigenvalue weighted by Crippen LogP contribution is -2.32. The molecule has 0 aliphatic rings. The van der Waals surface area contributed by atoms with Gasteiger partial charge in [0.25, 0.3) is 5.56 Å². The third-order valence-corrected chi connectivity index (χ3v) is 6.15. The molecular formula is C24H23ClFN5O4. The molecule has 11 heteroatoms. The molecule has 0 saturated heterocycles. The topological polar surface area (TPSA) is 123 Å². The molecule has 0 amide bonds. The van der Waals surface area contributed by atoms with Gasteiger partial charge in [0.2, 0.25) is 0 Å². The molecule has 4 rings (SSSR count). The maximum atomic E-state index is 14.6. The van der Waals surface area contributed by atoms with Gasteiger partial charge in [-0.2, -0.15) is 5.10 Å². The Balaban J connectivity index is 1.41. The van der Waals surface area contributed by atoms with E-state index in [4.69, 9.17) is 11.6 Å². The molecule has 4 aromatic rings. The van der Waals surface area contributed by atoms with Gasteiger partial charge in [0, 0.05) is 30.4 Å². The van der Waals surface area contributed by atoms with Crippen molar-refractivity contribution in [3.05, 3.63) is 75.5 Å². The molecule has 0 bridgehead atoms. The van der Waals surface area contributed by atoms with Gasteiger partial charge in [0.15, 0.2) is 0 Å². The van der Waals surface area contributed by atoms with E-state index in [1.165, 1.54) is 18.2 Å². The fraction of sp³-hybridized carbons (Fsp3) is 0.292. The largest absolute Gasteiger partial charge is 0.481 e. The summed E-state index contributed by atoms with van der Waals surface area (Å²) in [5, 5.41) is 32.8. The van der Waals surface area contributed by atoms with E-state index in [-0.39, 0.29) is 25.8 Å². The van der Waals surface area contributed by atoms with E-state index in [2.05, 4.69) is 15.4 Å². The van der Waals surface area contributed by atoms with Crippen LogP contribution in [-0.2, 0) is 24.8 Å². The minimum atomic E-state index is -1.24. The van der Waals surface area contributed by atoms with Crippen LogP contribution in [0, 0.1) is 11.7 Å². The monoisotopic (exact) mass is 499 g/mol. The van der Waals surface area contributed by atoms with E-state index in [9.17, 15) is 24.2 Å². The molecule has 2 aromatic carbocycles. The molecule has 2 aromatic heterocycles. The molecule has 0 saturated carbocycles. The van der Waals surface area contributed by atoms with Crippen molar-refractivity contribution >= 4 is 28.5 Å². The third-order valence-electron chi connectivity index (χ3n) is 5.92. The fourth-order valence-electron chi connectivity index (χ4n) is 3.94. The number of halogens is 2. The first-order valence-corrected chi connectivity index (χ1v) is 11.3.